The van der Waals surface area contributed by atoms with Crippen molar-refractivity contribution in [3.05, 3.63) is 0 Å². The molecule has 20 heavy (non-hydrogen) atoms. The molecule has 0 aromatic rings. The van der Waals surface area contributed by atoms with Gasteiger partial charge in [-0.25, -0.2) is 0 Å². The molecule has 2 atom stereocenters. The Kier molecular flexibility index (Phi) is 6.03. The molecule has 0 aromatic heterocycles. The molecular formula is C16H29NO3. The lowest BCUT2D eigenvalue weighted by molar-refractivity contribution is -0.153. The Hall–Kier alpha value is -1.06. The van der Waals surface area contributed by atoms with Crippen LogP contribution in [0.1, 0.15) is 66.2 Å². The Morgan fingerprint density at radius 1 is 1.20 bits per heavy atom. The summed E-state index contributed by atoms with van der Waals surface area (Å²) in [7, 11) is 0. The van der Waals surface area contributed by atoms with Crippen LogP contribution < -0.4 is 5.32 Å². The molecule has 116 valence electrons. The molecule has 1 rings (SSSR count). The lowest BCUT2D eigenvalue weighted by Gasteiger charge is -2.31. The molecule has 1 saturated carbocycles. The van der Waals surface area contributed by atoms with Gasteiger partial charge in [0.05, 0.1) is 5.41 Å². The fourth-order valence-corrected chi connectivity index (χ4v) is 2.92. The summed E-state index contributed by atoms with van der Waals surface area (Å²) in [6.45, 7) is 7.41. The molecule has 1 fully saturated rings. The molecule has 0 spiro atoms. The van der Waals surface area contributed by atoms with E-state index in [0.29, 0.717) is 5.92 Å². The number of carbonyl (C=O) groups excluding carboxylic acids is 1. The highest BCUT2D eigenvalue weighted by Crippen LogP contribution is 2.32. The summed E-state index contributed by atoms with van der Waals surface area (Å²) in [5.74, 6) is -0.562. The molecular weight excluding hydrogens is 254 g/mol. The van der Waals surface area contributed by atoms with Gasteiger partial charge in [-0.2, -0.15) is 0 Å². The van der Waals surface area contributed by atoms with Gasteiger partial charge in [0.2, 0.25) is 5.91 Å². The van der Waals surface area contributed by atoms with E-state index >= 15 is 0 Å². The number of carbonyl (C=O) groups is 2. The molecule has 0 heterocycles. The van der Waals surface area contributed by atoms with Crippen LogP contribution in [0.5, 0.6) is 0 Å². The molecule has 1 unspecified atom stereocenters. The van der Waals surface area contributed by atoms with E-state index in [2.05, 4.69) is 5.32 Å². The first kappa shape index (κ1) is 17.0. The Balaban J connectivity index is 2.55. The van der Waals surface area contributed by atoms with Crippen LogP contribution in [0, 0.1) is 17.3 Å². The van der Waals surface area contributed by atoms with E-state index in [1.165, 1.54) is 32.1 Å². The topological polar surface area (TPSA) is 66.4 Å². The number of carboxylic acids is 1. The number of amides is 1. The predicted octanol–water partition coefficient (Wildman–Crippen LogP) is 3.21. The molecule has 0 saturated heterocycles. The summed E-state index contributed by atoms with van der Waals surface area (Å²) in [6.07, 6.45) is 6.16. The number of hydrogen-bond acceptors (Lipinski definition) is 2. The lowest BCUT2D eigenvalue weighted by Crippen LogP contribution is -2.44. The highest BCUT2D eigenvalue weighted by molar-refractivity contribution is 5.85. The first-order valence-electron chi connectivity index (χ1n) is 7.80. The number of hydrogen-bond donors (Lipinski definition) is 2. The van der Waals surface area contributed by atoms with Crippen LogP contribution in [0.2, 0.25) is 0 Å². The highest BCUT2D eigenvalue weighted by atomic mass is 16.4. The number of nitrogens with one attached hydrogen (secondary N) is 1. The van der Waals surface area contributed by atoms with Crippen molar-refractivity contribution in [2.45, 2.75) is 72.3 Å². The minimum Gasteiger partial charge on any atom is -0.481 e. The zero-order chi connectivity index (χ0) is 15.3. The van der Waals surface area contributed by atoms with Gasteiger partial charge in [-0.3, -0.25) is 9.59 Å². The van der Waals surface area contributed by atoms with Crippen LogP contribution in [0.4, 0.5) is 0 Å². The Bertz CT molecular complexity index is 348. The second-order valence-corrected chi connectivity index (χ2v) is 6.81. The maximum atomic E-state index is 12.1. The monoisotopic (exact) mass is 283 g/mol. The number of aliphatic carboxylic acids is 1. The smallest absolute Gasteiger partial charge is 0.310 e. The third kappa shape index (κ3) is 4.22. The molecule has 1 aliphatic rings. The quantitative estimate of drug-likeness (QED) is 0.786. The Labute approximate surface area is 122 Å². The van der Waals surface area contributed by atoms with Crippen LogP contribution in [0.25, 0.3) is 0 Å². The largest absolute Gasteiger partial charge is 0.481 e. The third-order valence-corrected chi connectivity index (χ3v) is 5.04. The van der Waals surface area contributed by atoms with Gasteiger partial charge in [-0.1, -0.05) is 33.1 Å². The van der Waals surface area contributed by atoms with Crippen molar-refractivity contribution in [2.24, 2.45) is 17.3 Å². The van der Waals surface area contributed by atoms with Gasteiger partial charge >= 0.3 is 5.97 Å². The van der Waals surface area contributed by atoms with Gasteiger partial charge in [0, 0.05) is 12.5 Å². The van der Waals surface area contributed by atoms with E-state index in [1.54, 1.807) is 6.92 Å². The van der Waals surface area contributed by atoms with Gasteiger partial charge in [-0.15, -0.1) is 0 Å². The van der Waals surface area contributed by atoms with Crippen molar-refractivity contribution in [1.29, 1.82) is 0 Å². The first-order valence-corrected chi connectivity index (χ1v) is 7.80. The molecule has 0 aliphatic heterocycles. The Morgan fingerprint density at radius 3 is 2.20 bits per heavy atom. The summed E-state index contributed by atoms with van der Waals surface area (Å²) in [4.78, 5) is 23.6. The van der Waals surface area contributed by atoms with Gasteiger partial charge in [0.25, 0.3) is 0 Å². The second-order valence-electron chi connectivity index (χ2n) is 6.81. The van der Waals surface area contributed by atoms with Gasteiger partial charge < -0.3 is 10.4 Å². The van der Waals surface area contributed by atoms with Gasteiger partial charge in [0.15, 0.2) is 0 Å². The fraction of sp³-hybridized carbons (Fsp3) is 0.875. The normalized spacial score (nSPS) is 21.2. The first-order chi connectivity index (χ1) is 9.27. The fourth-order valence-electron chi connectivity index (χ4n) is 2.92. The van der Waals surface area contributed by atoms with E-state index in [1.807, 2.05) is 20.8 Å². The minimum atomic E-state index is -0.990. The van der Waals surface area contributed by atoms with Crippen molar-refractivity contribution >= 4 is 11.9 Å². The van der Waals surface area contributed by atoms with E-state index in [-0.39, 0.29) is 24.3 Å². The molecule has 4 nitrogen and oxygen atoms in total. The van der Waals surface area contributed by atoms with Crippen molar-refractivity contribution < 1.29 is 14.7 Å². The minimum absolute atomic E-state index is 0.0526. The second kappa shape index (κ2) is 7.09. The average Bonchev–Trinajstić information content (AvgIpc) is 2.38. The Morgan fingerprint density at radius 2 is 1.75 bits per heavy atom. The lowest BCUT2D eigenvalue weighted by atomic mass is 9.76. The van der Waals surface area contributed by atoms with E-state index < -0.39 is 11.4 Å². The third-order valence-electron chi connectivity index (χ3n) is 5.04. The van der Waals surface area contributed by atoms with Crippen molar-refractivity contribution in [1.82, 2.24) is 5.32 Å². The number of carboxylic acid groups (broad SMARTS) is 1. The molecule has 1 aliphatic carbocycles. The van der Waals surface area contributed by atoms with Crippen LogP contribution >= 0.6 is 0 Å². The number of rotatable bonds is 6. The van der Waals surface area contributed by atoms with Crippen LogP contribution in [-0.4, -0.2) is 23.0 Å². The van der Waals surface area contributed by atoms with Crippen molar-refractivity contribution in [2.75, 3.05) is 0 Å². The molecule has 0 bridgehead atoms. The summed E-state index contributed by atoms with van der Waals surface area (Å²) < 4.78 is 0. The molecule has 1 amide bonds. The van der Waals surface area contributed by atoms with Crippen LogP contribution in [0.3, 0.4) is 0 Å². The zero-order valence-corrected chi connectivity index (χ0v) is 13.2. The summed E-state index contributed by atoms with van der Waals surface area (Å²) in [5, 5.41) is 12.4. The summed E-state index contributed by atoms with van der Waals surface area (Å²) in [6, 6.07) is 0.146. The van der Waals surface area contributed by atoms with E-state index in [0.717, 1.165) is 0 Å². The van der Waals surface area contributed by atoms with E-state index in [9.17, 15) is 14.7 Å². The predicted molar refractivity (Wildman–Crippen MR) is 79.4 cm³/mol. The molecule has 2 N–H and O–H groups in total. The molecule has 0 aromatic carbocycles. The van der Waals surface area contributed by atoms with Gasteiger partial charge in [-0.05, 0) is 38.5 Å². The average molecular weight is 283 g/mol. The maximum absolute atomic E-state index is 12.1. The van der Waals surface area contributed by atoms with E-state index in [4.69, 9.17) is 0 Å². The molecule has 4 heteroatoms. The van der Waals surface area contributed by atoms with Crippen molar-refractivity contribution in [3.63, 3.8) is 0 Å². The zero-order valence-electron chi connectivity index (χ0n) is 13.2. The highest BCUT2D eigenvalue weighted by Gasteiger charge is 2.39. The van der Waals surface area contributed by atoms with Crippen LogP contribution in [0.15, 0.2) is 0 Å². The summed E-state index contributed by atoms with van der Waals surface area (Å²) in [5.41, 5.74) is -0.990. The van der Waals surface area contributed by atoms with Gasteiger partial charge in [0.1, 0.15) is 0 Å². The summed E-state index contributed by atoms with van der Waals surface area (Å²) >= 11 is 0. The standard InChI is InChI=1S/C16H29NO3/c1-11(2)16(4,15(19)20)10-14(18)17-12(3)13-8-6-5-7-9-13/h11-13H,5-10H2,1-4H3,(H,17,18)(H,19,20)/t12-,16?/m0/s1. The molecule has 0 radical (unpaired) electrons. The SMILES string of the molecule is CC(C)C(C)(CC(=O)N[C@@H](C)C1CCCCC1)C(=O)O. The van der Waals surface area contributed by atoms with Crippen molar-refractivity contribution in [3.8, 4) is 0 Å². The van der Waals surface area contributed by atoms with Crippen LogP contribution in [-0.2, 0) is 9.59 Å². The maximum Gasteiger partial charge on any atom is 0.310 e.